The third-order valence-electron chi connectivity index (χ3n) is 3.92. The van der Waals surface area contributed by atoms with Crippen molar-refractivity contribution in [1.29, 1.82) is 0 Å². The molecule has 0 aliphatic heterocycles. The van der Waals surface area contributed by atoms with Crippen molar-refractivity contribution >= 4 is 23.2 Å². The number of amides is 1. The normalized spacial score (nSPS) is 11.3. The van der Waals surface area contributed by atoms with Gasteiger partial charge in [0, 0.05) is 38.0 Å². The van der Waals surface area contributed by atoms with Gasteiger partial charge in [0.1, 0.15) is 5.82 Å². The van der Waals surface area contributed by atoms with Crippen LogP contribution in [0.1, 0.15) is 21.1 Å². The van der Waals surface area contributed by atoms with Crippen LogP contribution in [-0.4, -0.2) is 43.5 Å². The van der Waals surface area contributed by atoms with Crippen LogP contribution in [-0.2, 0) is 17.6 Å². The zero-order valence-electron chi connectivity index (χ0n) is 15.9. The molecule has 0 spiro atoms. The predicted molar refractivity (Wildman–Crippen MR) is 108 cm³/mol. The van der Waals surface area contributed by atoms with Crippen molar-refractivity contribution < 1.29 is 9.18 Å². The third kappa shape index (κ3) is 7.34. The van der Waals surface area contributed by atoms with E-state index in [9.17, 15) is 9.18 Å². The number of thiazole rings is 1. The number of nitrogens with zero attached hydrogens (tertiary/aromatic N) is 2. The fourth-order valence-corrected chi connectivity index (χ4v) is 3.37. The number of halogens is 1. The van der Waals surface area contributed by atoms with Gasteiger partial charge < -0.3 is 16.0 Å². The van der Waals surface area contributed by atoms with Crippen LogP contribution in [0.25, 0.3) is 0 Å². The molecule has 0 fully saturated rings. The second kappa shape index (κ2) is 10.6. The SMILES string of the molecule is CN=C(NCCNC(=O)Cc1cccc(F)c1)NCCc1nc(C)c(C)s1. The number of carbonyl (C=O) groups is 1. The standard InChI is InChI=1S/C19H26FN5OS/c1-13-14(2)27-18(25-13)7-8-23-19(21-3)24-10-9-22-17(26)12-15-5-4-6-16(20)11-15/h4-6,11H,7-10,12H2,1-3H3,(H,22,26)(H2,21,23,24). The van der Waals surface area contributed by atoms with Gasteiger partial charge in [-0.3, -0.25) is 9.79 Å². The maximum Gasteiger partial charge on any atom is 0.224 e. The minimum Gasteiger partial charge on any atom is -0.356 e. The number of aromatic nitrogens is 1. The maximum atomic E-state index is 13.1. The Morgan fingerprint density at radius 1 is 1.19 bits per heavy atom. The molecule has 0 aliphatic rings. The van der Waals surface area contributed by atoms with Crippen molar-refractivity contribution in [2.45, 2.75) is 26.7 Å². The van der Waals surface area contributed by atoms with Crippen LogP contribution < -0.4 is 16.0 Å². The molecule has 146 valence electrons. The van der Waals surface area contributed by atoms with Gasteiger partial charge in [0.15, 0.2) is 5.96 Å². The van der Waals surface area contributed by atoms with Gasteiger partial charge in [-0.25, -0.2) is 9.37 Å². The molecule has 0 unspecified atom stereocenters. The summed E-state index contributed by atoms with van der Waals surface area (Å²) in [5, 5.41) is 10.3. The monoisotopic (exact) mass is 391 g/mol. The Bertz CT molecular complexity index is 771. The highest BCUT2D eigenvalue weighted by atomic mass is 32.1. The van der Waals surface area contributed by atoms with Gasteiger partial charge in [-0.15, -0.1) is 11.3 Å². The molecule has 2 rings (SSSR count). The number of benzene rings is 1. The summed E-state index contributed by atoms with van der Waals surface area (Å²) in [4.78, 5) is 21.8. The van der Waals surface area contributed by atoms with E-state index in [0.717, 1.165) is 23.7 Å². The Hall–Kier alpha value is -2.48. The van der Waals surface area contributed by atoms with Gasteiger partial charge in [0.05, 0.1) is 17.1 Å². The summed E-state index contributed by atoms with van der Waals surface area (Å²) in [5.41, 5.74) is 1.75. The van der Waals surface area contributed by atoms with Crippen LogP contribution in [0.2, 0.25) is 0 Å². The summed E-state index contributed by atoms with van der Waals surface area (Å²) >= 11 is 1.72. The Balaban J connectivity index is 1.62. The van der Waals surface area contributed by atoms with E-state index in [-0.39, 0.29) is 18.1 Å². The van der Waals surface area contributed by atoms with E-state index >= 15 is 0 Å². The zero-order chi connectivity index (χ0) is 19.6. The summed E-state index contributed by atoms with van der Waals surface area (Å²) < 4.78 is 13.1. The molecule has 0 radical (unpaired) electrons. The number of aryl methyl sites for hydroxylation is 2. The molecule has 6 nitrogen and oxygen atoms in total. The van der Waals surface area contributed by atoms with Gasteiger partial charge in [-0.05, 0) is 31.5 Å². The number of aliphatic imine (C=N–C) groups is 1. The highest BCUT2D eigenvalue weighted by Gasteiger charge is 2.05. The van der Waals surface area contributed by atoms with Gasteiger partial charge >= 0.3 is 0 Å². The average Bonchev–Trinajstić information content (AvgIpc) is 2.94. The van der Waals surface area contributed by atoms with Crippen LogP contribution >= 0.6 is 11.3 Å². The van der Waals surface area contributed by atoms with Crippen molar-refractivity contribution in [3.05, 3.63) is 51.2 Å². The fourth-order valence-electron chi connectivity index (χ4n) is 2.43. The van der Waals surface area contributed by atoms with Gasteiger partial charge in [0.2, 0.25) is 5.91 Å². The van der Waals surface area contributed by atoms with E-state index in [4.69, 9.17) is 0 Å². The van der Waals surface area contributed by atoms with Crippen LogP contribution in [0.5, 0.6) is 0 Å². The predicted octanol–water partition coefficient (Wildman–Crippen LogP) is 1.97. The number of hydrogen-bond acceptors (Lipinski definition) is 4. The second-order valence-electron chi connectivity index (χ2n) is 6.08. The highest BCUT2D eigenvalue weighted by Crippen LogP contribution is 2.16. The first-order chi connectivity index (χ1) is 13.0. The summed E-state index contributed by atoms with van der Waals surface area (Å²) in [6.45, 7) is 5.83. The molecule has 0 saturated heterocycles. The van der Waals surface area contributed by atoms with Crippen molar-refractivity contribution in [1.82, 2.24) is 20.9 Å². The van der Waals surface area contributed by atoms with E-state index in [1.165, 1.54) is 17.0 Å². The summed E-state index contributed by atoms with van der Waals surface area (Å²) in [5.74, 6) is 0.208. The zero-order valence-corrected chi connectivity index (χ0v) is 16.8. The molecule has 0 bridgehead atoms. The molecule has 3 N–H and O–H groups in total. The van der Waals surface area contributed by atoms with E-state index in [1.54, 1.807) is 30.5 Å². The Morgan fingerprint density at radius 2 is 1.93 bits per heavy atom. The molecule has 0 aliphatic carbocycles. The minimum atomic E-state index is -0.333. The van der Waals surface area contributed by atoms with Crippen LogP contribution in [0, 0.1) is 19.7 Å². The number of hydrogen-bond donors (Lipinski definition) is 3. The average molecular weight is 392 g/mol. The Morgan fingerprint density at radius 3 is 2.59 bits per heavy atom. The lowest BCUT2D eigenvalue weighted by Crippen LogP contribution is -2.42. The molecular weight excluding hydrogens is 365 g/mol. The van der Waals surface area contributed by atoms with E-state index in [2.05, 4.69) is 32.9 Å². The Labute approximate surface area is 163 Å². The lowest BCUT2D eigenvalue weighted by atomic mass is 10.1. The third-order valence-corrected chi connectivity index (χ3v) is 5.05. The van der Waals surface area contributed by atoms with Gasteiger partial charge in [-0.1, -0.05) is 12.1 Å². The smallest absolute Gasteiger partial charge is 0.224 e. The number of carbonyl (C=O) groups excluding carboxylic acids is 1. The van der Waals surface area contributed by atoms with Crippen molar-refractivity contribution in [3.63, 3.8) is 0 Å². The molecule has 0 saturated carbocycles. The van der Waals surface area contributed by atoms with Crippen molar-refractivity contribution in [3.8, 4) is 0 Å². The first-order valence-electron chi connectivity index (χ1n) is 8.86. The molecule has 0 atom stereocenters. The molecule has 1 aromatic carbocycles. The summed E-state index contributed by atoms with van der Waals surface area (Å²) in [6.07, 6.45) is 1.00. The van der Waals surface area contributed by atoms with E-state index in [0.29, 0.717) is 24.6 Å². The van der Waals surface area contributed by atoms with Crippen molar-refractivity contribution in [2.75, 3.05) is 26.7 Å². The van der Waals surface area contributed by atoms with Crippen LogP contribution in [0.15, 0.2) is 29.3 Å². The lowest BCUT2D eigenvalue weighted by molar-refractivity contribution is -0.120. The summed E-state index contributed by atoms with van der Waals surface area (Å²) in [7, 11) is 1.70. The molecular formula is C19H26FN5OS. The fraction of sp³-hybridized carbons (Fsp3) is 0.421. The molecule has 1 heterocycles. The quantitative estimate of drug-likeness (QED) is 0.365. The number of rotatable bonds is 8. The number of nitrogens with one attached hydrogen (secondary N) is 3. The van der Waals surface area contributed by atoms with Gasteiger partial charge in [0.25, 0.3) is 0 Å². The lowest BCUT2D eigenvalue weighted by Gasteiger charge is -2.12. The first kappa shape index (κ1) is 20.8. The van der Waals surface area contributed by atoms with Crippen molar-refractivity contribution in [2.24, 2.45) is 4.99 Å². The second-order valence-corrected chi connectivity index (χ2v) is 7.37. The molecule has 8 heteroatoms. The van der Waals surface area contributed by atoms with E-state index in [1.807, 2.05) is 6.92 Å². The van der Waals surface area contributed by atoms with Gasteiger partial charge in [-0.2, -0.15) is 0 Å². The van der Waals surface area contributed by atoms with Crippen LogP contribution in [0.4, 0.5) is 4.39 Å². The first-order valence-corrected chi connectivity index (χ1v) is 9.68. The number of guanidine groups is 1. The van der Waals surface area contributed by atoms with E-state index < -0.39 is 0 Å². The summed E-state index contributed by atoms with van der Waals surface area (Å²) in [6, 6.07) is 6.07. The molecule has 27 heavy (non-hydrogen) atoms. The molecule has 1 aromatic heterocycles. The largest absolute Gasteiger partial charge is 0.356 e. The topological polar surface area (TPSA) is 78.4 Å². The molecule has 1 amide bonds. The molecule has 2 aromatic rings. The highest BCUT2D eigenvalue weighted by molar-refractivity contribution is 7.11. The maximum absolute atomic E-state index is 13.1. The minimum absolute atomic E-state index is 0.139. The Kier molecular flexibility index (Phi) is 8.19. The van der Waals surface area contributed by atoms with Crippen LogP contribution in [0.3, 0.4) is 0 Å².